The lowest BCUT2D eigenvalue weighted by Crippen LogP contribution is -2.43. The Morgan fingerprint density at radius 2 is 2.00 bits per heavy atom. The number of rotatable bonds is 7. The van der Waals surface area contributed by atoms with Gasteiger partial charge in [0.1, 0.15) is 6.17 Å². The fourth-order valence-corrected chi connectivity index (χ4v) is 4.14. The molecular formula is C20H28FN3O3. The monoisotopic (exact) mass is 377 g/mol. The summed E-state index contributed by atoms with van der Waals surface area (Å²) in [7, 11) is 0. The summed E-state index contributed by atoms with van der Waals surface area (Å²) in [4.78, 5) is 37.9. The maximum absolute atomic E-state index is 13.9. The van der Waals surface area contributed by atoms with Gasteiger partial charge in [-0.15, -0.1) is 0 Å². The second-order valence-electron chi connectivity index (χ2n) is 7.67. The zero-order chi connectivity index (χ0) is 19.2. The molecule has 2 aliphatic rings. The third kappa shape index (κ3) is 5.40. The lowest BCUT2D eigenvalue weighted by molar-refractivity contribution is -0.133. The summed E-state index contributed by atoms with van der Waals surface area (Å²) in [6.07, 6.45) is 6.08. The van der Waals surface area contributed by atoms with Crippen LogP contribution in [0.3, 0.4) is 0 Å². The number of nitrogens with zero attached hydrogens (tertiary/aromatic N) is 2. The topological polar surface area (TPSA) is 71.4 Å². The van der Waals surface area contributed by atoms with Crippen LogP contribution in [0.25, 0.3) is 0 Å². The summed E-state index contributed by atoms with van der Waals surface area (Å²) in [5, 5.41) is 2.89. The van der Waals surface area contributed by atoms with Gasteiger partial charge in [0.05, 0.1) is 12.6 Å². The Labute approximate surface area is 158 Å². The Balaban J connectivity index is 1.49. The number of aromatic nitrogens is 1. The van der Waals surface area contributed by atoms with E-state index in [9.17, 15) is 18.8 Å². The minimum Gasteiger partial charge on any atom is -0.354 e. The van der Waals surface area contributed by atoms with Gasteiger partial charge < -0.3 is 14.8 Å². The average molecular weight is 377 g/mol. The summed E-state index contributed by atoms with van der Waals surface area (Å²) in [5.74, 6) is 0.276. The number of hydrogen-bond donors (Lipinski definition) is 1. The summed E-state index contributed by atoms with van der Waals surface area (Å²) in [6, 6.07) is 4.52. The lowest BCUT2D eigenvalue weighted by Gasteiger charge is -2.25. The SMILES string of the molecule is O=C(CC1CCCC1)NC[C@@H]1C[C@H](F)CN1C(=O)CCn1ccccc1=O. The molecule has 1 N–H and O–H groups in total. The number of likely N-dealkylation sites (tertiary alicyclic amines) is 1. The molecule has 0 radical (unpaired) electrons. The van der Waals surface area contributed by atoms with E-state index in [0.29, 0.717) is 18.9 Å². The molecular weight excluding hydrogens is 349 g/mol. The highest BCUT2D eigenvalue weighted by molar-refractivity contribution is 5.78. The number of pyridine rings is 1. The number of carbonyl (C=O) groups is 2. The first kappa shape index (κ1) is 19.6. The molecule has 0 unspecified atom stereocenters. The minimum absolute atomic E-state index is 0.00700. The zero-order valence-electron chi connectivity index (χ0n) is 15.6. The van der Waals surface area contributed by atoms with Gasteiger partial charge in [-0.1, -0.05) is 18.9 Å². The first-order valence-electron chi connectivity index (χ1n) is 9.88. The Bertz CT molecular complexity index is 714. The molecule has 0 spiro atoms. The van der Waals surface area contributed by atoms with Crippen molar-refractivity contribution in [2.45, 2.75) is 63.7 Å². The van der Waals surface area contributed by atoms with Gasteiger partial charge in [0.2, 0.25) is 11.8 Å². The number of carbonyl (C=O) groups excluding carboxylic acids is 2. The van der Waals surface area contributed by atoms with Crippen molar-refractivity contribution in [1.29, 1.82) is 0 Å². The first-order chi connectivity index (χ1) is 13.0. The molecule has 0 bridgehead atoms. The predicted octanol–water partition coefficient (Wildman–Crippen LogP) is 1.87. The van der Waals surface area contributed by atoms with Crippen LogP contribution in [-0.2, 0) is 16.1 Å². The molecule has 2 amide bonds. The fourth-order valence-electron chi connectivity index (χ4n) is 4.14. The quantitative estimate of drug-likeness (QED) is 0.789. The largest absolute Gasteiger partial charge is 0.354 e. The fraction of sp³-hybridized carbons (Fsp3) is 0.650. The molecule has 1 saturated carbocycles. The average Bonchev–Trinajstić information content (AvgIpc) is 3.28. The highest BCUT2D eigenvalue weighted by atomic mass is 19.1. The van der Waals surface area contributed by atoms with Gasteiger partial charge in [0.15, 0.2) is 0 Å². The van der Waals surface area contributed by atoms with E-state index in [1.165, 1.54) is 28.4 Å². The Morgan fingerprint density at radius 3 is 2.74 bits per heavy atom. The maximum atomic E-state index is 13.9. The molecule has 3 rings (SSSR count). The van der Waals surface area contributed by atoms with Gasteiger partial charge in [0.25, 0.3) is 5.56 Å². The highest BCUT2D eigenvalue weighted by Crippen LogP contribution is 2.27. The van der Waals surface area contributed by atoms with Crippen LogP contribution in [0.4, 0.5) is 4.39 Å². The number of nitrogens with one attached hydrogen (secondary N) is 1. The van der Waals surface area contributed by atoms with E-state index in [1.807, 2.05) is 0 Å². The molecule has 148 valence electrons. The summed E-state index contributed by atoms with van der Waals surface area (Å²) in [5.41, 5.74) is -0.161. The van der Waals surface area contributed by atoms with Crippen LogP contribution >= 0.6 is 0 Å². The molecule has 1 aromatic heterocycles. The van der Waals surface area contributed by atoms with Crippen LogP contribution < -0.4 is 10.9 Å². The van der Waals surface area contributed by atoms with Crippen molar-refractivity contribution < 1.29 is 14.0 Å². The Kier molecular flexibility index (Phi) is 6.63. The van der Waals surface area contributed by atoms with Crippen LogP contribution in [0.1, 0.15) is 44.9 Å². The van der Waals surface area contributed by atoms with Gasteiger partial charge in [-0.05, 0) is 24.8 Å². The van der Waals surface area contributed by atoms with E-state index in [-0.39, 0.29) is 49.3 Å². The smallest absolute Gasteiger partial charge is 0.250 e. The lowest BCUT2D eigenvalue weighted by atomic mass is 10.0. The molecule has 7 heteroatoms. The molecule has 2 fully saturated rings. The highest BCUT2D eigenvalue weighted by Gasteiger charge is 2.35. The molecule has 1 aliphatic carbocycles. The Hall–Kier alpha value is -2.18. The zero-order valence-corrected chi connectivity index (χ0v) is 15.6. The van der Waals surface area contributed by atoms with E-state index in [1.54, 1.807) is 18.3 Å². The van der Waals surface area contributed by atoms with Crippen molar-refractivity contribution >= 4 is 11.8 Å². The molecule has 0 aromatic carbocycles. The molecule has 6 nitrogen and oxygen atoms in total. The minimum atomic E-state index is -1.06. The van der Waals surface area contributed by atoms with Crippen LogP contribution in [-0.4, -0.2) is 46.6 Å². The van der Waals surface area contributed by atoms with Crippen LogP contribution in [0, 0.1) is 5.92 Å². The predicted molar refractivity (Wildman–Crippen MR) is 99.9 cm³/mol. The van der Waals surface area contributed by atoms with Gasteiger partial charge in [-0.3, -0.25) is 14.4 Å². The summed E-state index contributed by atoms with van der Waals surface area (Å²) in [6.45, 7) is 0.626. The van der Waals surface area contributed by atoms with Crippen LogP contribution in [0.2, 0.25) is 0 Å². The van der Waals surface area contributed by atoms with E-state index in [0.717, 1.165) is 12.8 Å². The van der Waals surface area contributed by atoms with Crippen molar-refractivity contribution in [3.63, 3.8) is 0 Å². The van der Waals surface area contributed by atoms with Crippen molar-refractivity contribution in [3.8, 4) is 0 Å². The number of alkyl halides is 1. The van der Waals surface area contributed by atoms with Crippen molar-refractivity contribution in [3.05, 3.63) is 34.7 Å². The molecule has 2 atom stereocenters. The van der Waals surface area contributed by atoms with E-state index in [2.05, 4.69) is 5.32 Å². The van der Waals surface area contributed by atoms with E-state index < -0.39 is 6.17 Å². The van der Waals surface area contributed by atoms with Gasteiger partial charge in [-0.2, -0.15) is 0 Å². The number of halogens is 1. The molecule has 2 heterocycles. The maximum Gasteiger partial charge on any atom is 0.250 e. The molecule has 1 aromatic rings. The summed E-state index contributed by atoms with van der Waals surface area (Å²) < 4.78 is 15.4. The standard InChI is InChI=1S/C20H28FN3O3/c21-16-12-17(13-22-18(25)11-15-5-1-2-6-15)24(14-16)20(27)8-10-23-9-4-3-7-19(23)26/h3-4,7,9,15-17H,1-2,5-6,8,10-14H2,(H,22,25)/t16-,17-/m0/s1. The normalized spacial score (nSPS) is 22.9. The van der Waals surface area contributed by atoms with E-state index >= 15 is 0 Å². The Morgan fingerprint density at radius 1 is 1.22 bits per heavy atom. The van der Waals surface area contributed by atoms with E-state index in [4.69, 9.17) is 0 Å². The third-order valence-electron chi connectivity index (χ3n) is 5.63. The summed E-state index contributed by atoms with van der Waals surface area (Å²) >= 11 is 0. The second kappa shape index (κ2) is 9.15. The molecule has 27 heavy (non-hydrogen) atoms. The number of aryl methyl sites for hydroxylation is 1. The van der Waals surface area contributed by atoms with Gasteiger partial charge in [0, 0.05) is 44.6 Å². The third-order valence-corrected chi connectivity index (χ3v) is 5.63. The van der Waals surface area contributed by atoms with Gasteiger partial charge >= 0.3 is 0 Å². The number of amides is 2. The van der Waals surface area contributed by atoms with Crippen LogP contribution in [0.5, 0.6) is 0 Å². The molecule has 1 saturated heterocycles. The first-order valence-corrected chi connectivity index (χ1v) is 9.88. The second-order valence-corrected chi connectivity index (χ2v) is 7.67. The van der Waals surface area contributed by atoms with Crippen molar-refractivity contribution in [1.82, 2.24) is 14.8 Å². The molecule has 1 aliphatic heterocycles. The number of hydrogen-bond acceptors (Lipinski definition) is 3. The van der Waals surface area contributed by atoms with Crippen molar-refractivity contribution in [2.24, 2.45) is 5.92 Å². The van der Waals surface area contributed by atoms with Gasteiger partial charge in [-0.25, -0.2) is 4.39 Å². The van der Waals surface area contributed by atoms with Crippen LogP contribution in [0.15, 0.2) is 29.2 Å². The van der Waals surface area contributed by atoms with Crippen molar-refractivity contribution in [2.75, 3.05) is 13.1 Å².